The molecular formula is C20H24BrN3O2. The maximum absolute atomic E-state index is 12.7. The van der Waals surface area contributed by atoms with E-state index >= 15 is 0 Å². The van der Waals surface area contributed by atoms with Gasteiger partial charge in [-0.25, -0.2) is 0 Å². The Balaban J connectivity index is 1.74. The first kappa shape index (κ1) is 17.8. The fourth-order valence-corrected chi connectivity index (χ4v) is 4.82. The summed E-state index contributed by atoms with van der Waals surface area (Å²) in [5.74, 6) is -0.206. The molecule has 26 heavy (non-hydrogen) atoms. The molecule has 2 aromatic rings. The van der Waals surface area contributed by atoms with Gasteiger partial charge in [-0.1, -0.05) is 25.1 Å². The molecule has 0 spiro atoms. The lowest BCUT2D eigenvalue weighted by Crippen LogP contribution is -2.48. The molecule has 2 heterocycles. The summed E-state index contributed by atoms with van der Waals surface area (Å²) in [5, 5.41) is 13.6. The second kappa shape index (κ2) is 6.83. The molecule has 0 fully saturated rings. The Labute approximate surface area is 161 Å². The normalized spacial score (nSPS) is 23.5. The Bertz CT molecular complexity index is 885. The maximum atomic E-state index is 12.7. The van der Waals surface area contributed by atoms with Crippen molar-refractivity contribution in [2.24, 2.45) is 5.92 Å². The summed E-state index contributed by atoms with van der Waals surface area (Å²) < 4.78 is 1.06. The fourth-order valence-electron chi connectivity index (χ4n) is 4.24. The monoisotopic (exact) mass is 417 g/mol. The molecule has 6 heteroatoms. The minimum atomic E-state index is -0.203. The minimum Gasteiger partial charge on any atom is -0.394 e. The summed E-state index contributed by atoms with van der Waals surface area (Å²) in [6.45, 7) is 2.63. The summed E-state index contributed by atoms with van der Waals surface area (Å²) in [4.78, 5) is 18.4. The van der Waals surface area contributed by atoms with E-state index in [0.29, 0.717) is 6.54 Å². The number of amides is 1. The van der Waals surface area contributed by atoms with Crippen molar-refractivity contribution >= 4 is 38.3 Å². The van der Waals surface area contributed by atoms with Crippen LogP contribution in [0.4, 0.5) is 0 Å². The van der Waals surface area contributed by atoms with E-state index in [0.717, 1.165) is 23.0 Å². The first-order valence-corrected chi connectivity index (χ1v) is 9.95. The molecule has 0 saturated heterocycles. The standard InChI is InChI=1S/C20H24BrN3O2/c1-3-12(10-25)22-20(26)11-7-14-13-5-4-6-16-18(13)15(19(21)23-16)8-17(14)24(2)9-11/h4-7,11-12,17,23,25H,3,8-10H2,1-2H3,(H,22,26)/t11-,12+,17-/m1/s1. The number of aromatic nitrogens is 1. The van der Waals surface area contributed by atoms with Crippen LogP contribution in [0.25, 0.3) is 16.5 Å². The van der Waals surface area contributed by atoms with Crippen molar-refractivity contribution in [3.63, 3.8) is 0 Å². The number of fused-ring (bicyclic) bond motifs is 2. The molecule has 1 aliphatic carbocycles. The van der Waals surface area contributed by atoms with Crippen LogP contribution in [0, 0.1) is 5.92 Å². The number of carbonyl (C=O) groups excluding carboxylic acids is 1. The SMILES string of the molecule is CC[C@@H](CO)NC(=O)[C@@H]1C=C2c3cccc4[nH]c(Br)c(c34)C[C@H]2N(C)C1. The summed E-state index contributed by atoms with van der Waals surface area (Å²) in [6.07, 6.45) is 3.80. The molecule has 1 amide bonds. The van der Waals surface area contributed by atoms with Crippen molar-refractivity contribution in [2.45, 2.75) is 31.8 Å². The number of aliphatic hydroxyl groups is 1. The van der Waals surface area contributed by atoms with Crippen LogP contribution in [0.1, 0.15) is 24.5 Å². The lowest BCUT2D eigenvalue weighted by atomic mass is 9.79. The number of carbonyl (C=O) groups is 1. The second-order valence-corrected chi connectivity index (χ2v) is 8.12. The molecule has 1 aromatic carbocycles. The zero-order chi connectivity index (χ0) is 18.4. The van der Waals surface area contributed by atoms with Gasteiger partial charge >= 0.3 is 0 Å². The van der Waals surface area contributed by atoms with Crippen molar-refractivity contribution in [1.82, 2.24) is 15.2 Å². The molecule has 0 saturated carbocycles. The van der Waals surface area contributed by atoms with Crippen molar-refractivity contribution in [3.05, 3.63) is 40.0 Å². The number of nitrogens with zero attached hydrogens (tertiary/aromatic N) is 1. The van der Waals surface area contributed by atoms with Crippen molar-refractivity contribution in [2.75, 3.05) is 20.2 Å². The Morgan fingerprint density at radius 1 is 1.50 bits per heavy atom. The molecule has 138 valence electrons. The largest absolute Gasteiger partial charge is 0.394 e. The lowest BCUT2D eigenvalue weighted by molar-refractivity contribution is -0.125. The van der Waals surface area contributed by atoms with E-state index in [1.54, 1.807) is 0 Å². The number of rotatable bonds is 4. The molecule has 0 bridgehead atoms. The maximum Gasteiger partial charge on any atom is 0.228 e. The van der Waals surface area contributed by atoms with E-state index in [1.165, 1.54) is 22.1 Å². The lowest BCUT2D eigenvalue weighted by Gasteiger charge is -2.39. The topological polar surface area (TPSA) is 68.4 Å². The smallest absolute Gasteiger partial charge is 0.228 e. The van der Waals surface area contributed by atoms with Crippen LogP contribution in [0.15, 0.2) is 28.9 Å². The number of aromatic amines is 1. The van der Waals surface area contributed by atoms with Gasteiger partial charge in [0, 0.05) is 23.5 Å². The van der Waals surface area contributed by atoms with Crippen molar-refractivity contribution < 1.29 is 9.90 Å². The average Bonchev–Trinajstić information content (AvgIpc) is 2.97. The Morgan fingerprint density at radius 2 is 2.31 bits per heavy atom. The molecule has 4 rings (SSSR count). The molecule has 3 N–H and O–H groups in total. The minimum absolute atomic E-state index is 0.00285. The number of hydrogen-bond acceptors (Lipinski definition) is 3. The van der Waals surface area contributed by atoms with E-state index in [9.17, 15) is 9.90 Å². The van der Waals surface area contributed by atoms with Gasteiger partial charge in [-0.3, -0.25) is 9.69 Å². The molecule has 0 radical (unpaired) electrons. The highest BCUT2D eigenvalue weighted by Gasteiger charge is 2.36. The van der Waals surface area contributed by atoms with E-state index in [2.05, 4.69) is 62.5 Å². The number of likely N-dealkylation sites (N-methyl/N-ethyl adjacent to an activating group) is 1. The number of hydrogen-bond donors (Lipinski definition) is 3. The summed E-state index contributed by atoms with van der Waals surface area (Å²) in [6, 6.07) is 6.42. The zero-order valence-corrected chi connectivity index (χ0v) is 16.6. The molecular weight excluding hydrogens is 394 g/mol. The van der Waals surface area contributed by atoms with Crippen LogP contribution in [-0.4, -0.2) is 53.2 Å². The average molecular weight is 418 g/mol. The van der Waals surface area contributed by atoms with Crippen molar-refractivity contribution in [3.8, 4) is 0 Å². The van der Waals surface area contributed by atoms with Crippen LogP contribution in [-0.2, 0) is 11.2 Å². The quantitative estimate of drug-likeness (QED) is 0.715. The Hall–Kier alpha value is -1.63. The summed E-state index contributed by atoms with van der Waals surface area (Å²) in [5.41, 5.74) is 4.90. The summed E-state index contributed by atoms with van der Waals surface area (Å²) in [7, 11) is 2.09. The predicted molar refractivity (Wildman–Crippen MR) is 107 cm³/mol. The van der Waals surface area contributed by atoms with E-state index in [4.69, 9.17) is 0 Å². The van der Waals surface area contributed by atoms with Gasteiger partial charge in [-0.15, -0.1) is 0 Å². The van der Waals surface area contributed by atoms with Gasteiger partial charge in [0.25, 0.3) is 0 Å². The van der Waals surface area contributed by atoms with Crippen LogP contribution in [0.3, 0.4) is 0 Å². The highest BCUT2D eigenvalue weighted by Crippen LogP contribution is 2.43. The number of halogens is 1. The van der Waals surface area contributed by atoms with Crippen LogP contribution in [0.5, 0.6) is 0 Å². The molecule has 1 aromatic heterocycles. The molecule has 1 aliphatic heterocycles. The van der Waals surface area contributed by atoms with Crippen LogP contribution < -0.4 is 5.32 Å². The number of benzene rings is 1. The van der Waals surface area contributed by atoms with Gasteiger partial charge in [0.15, 0.2) is 0 Å². The summed E-state index contributed by atoms with van der Waals surface area (Å²) >= 11 is 3.67. The van der Waals surface area contributed by atoms with Gasteiger partial charge in [-0.2, -0.15) is 0 Å². The number of H-pyrrole nitrogens is 1. The first-order valence-electron chi connectivity index (χ1n) is 9.16. The third-order valence-corrected chi connectivity index (χ3v) is 6.41. The van der Waals surface area contributed by atoms with Crippen LogP contribution >= 0.6 is 15.9 Å². The highest BCUT2D eigenvalue weighted by molar-refractivity contribution is 9.10. The van der Waals surface area contributed by atoms with Gasteiger partial charge in [0.2, 0.25) is 5.91 Å². The zero-order valence-electron chi connectivity index (χ0n) is 15.1. The molecule has 3 atom stereocenters. The van der Waals surface area contributed by atoms with E-state index in [1.807, 2.05) is 6.92 Å². The van der Waals surface area contributed by atoms with Gasteiger partial charge in [-0.05, 0) is 58.6 Å². The Morgan fingerprint density at radius 3 is 3.04 bits per heavy atom. The number of aliphatic hydroxyl groups excluding tert-OH is 1. The first-order chi connectivity index (χ1) is 12.5. The molecule has 5 nitrogen and oxygen atoms in total. The second-order valence-electron chi connectivity index (χ2n) is 7.33. The fraction of sp³-hybridized carbons (Fsp3) is 0.450. The van der Waals surface area contributed by atoms with Crippen molar-refractivity contribution in [1.29, 1.82) is 0 Å². The third-order valence-electron chi connectivity index (χ3n) is 5.74. The van der Waals surface area contributed by atoms with Crippen LogP contribution in [0.2, 0.25) is 0 Å². The molecule has 2 aliphatic rings. The number of nitrogens with one attached hydrogen (secondary N) is 2. The van der Waals surface area contributed by atoms with E-state index < -0.39 is 0 Å². The molecule has 0 unspecified atom stereocenters. The third kappa shape index (κ3) is 2.80. The highest BCUT2D eigenvalue weighted by atomic mass is 79.9. The Kier molecular flexibility index (Phi) is 4.67. The van der Waals surface area contributed by atoms with Gasteiger partial charge < -0.3 is 15.4 Å². The van der Waals surface area contributed by atoms with Gasteiger partial charge in [0.05, 0.1) is 23.2 Å². The van der Waals surface area contributed by atoms with E-state index in [-0.39, 0.29) is 30.5 Å². The van der Waals surface area contributed by atoms with Gasteiger partial charge in [0.1, 0.15) is 0 Å². The predicted octanol–water partition coefficient (Wildman–Crippen LogP) is 2.69.